The Hall–Kier alpha value is -2.01. The van der Waals surface area contributed by atoms with Crippen molar-refractivity contribution in [3.05, 3.63) is 59.9 Å². The summed E-state index contributed by atoms with van der Waals surface area (Å²) in [5.41, 5.74) is 3.53. The number of amides is 1. The predicted molar refractivity (Wildman–Crippen MR) is 105 cm³/mol. The topological polar surface area (TPSA) is 36.4 Å². The lowest BCUT2D eigenvalue weighted by Gasteiger charge is -2.24. The van der Waals surface area contributed by atoms with E-state index in [0.29, 0.717) is 12.3 Å². The lowest BCUT2D eigenvalue weighted by atomic mass is 10.1. The molecule has 1 fully saturated rings. The molecule has 3 rings (SSSR count). The molecule has 2 heterocycles. The highest BCUT2D eigenvalue weighted by Gasteiger charge is 2.17. The normalized spacial score (nSPS) is 13.9. The van der Waals surface area contributed by atoms with Crippen molar-refractivity contribution in [2.75, 3.05) is 30.8 Å². The van der Waals surface area contributed by atoms with E-state index in [0.717, 1.165) is 24.5 Å². The van der Waals surface area contributed by atoms with Gasteiger partial charge < -0.3 is 9.80 Å². The van der Waals surface area contributed by atoms with Gasteiger partial charge in [-0.3, -0.25) is 9.78 Å². The average molecular weight is 356 g/mol. The van der Waals surface area contributed by atoms with Gasteiger partial charge in [-0.1, -0.05) is 24.3 Å². The van der Waals surface area contributed by atoms with Gasteiger partial charge in [-0.2, -0.15) is 0 Å². The van der Waals surface area contributed by atoms with Gasteiger partial charge in [0.25, 0.3) is 0 Å². The standard InChI is InChI=1S/C20H25N3OS/c1-22(20(24)16-25-15-18-9-4-5-11-21-18)14-17-8-2-3-10-19(17)23-12-6-7-13-23/h2-5,8-11H,6-7,12-16H2,1H3. The molecule has 1 aliphatic heterocycles. The number of pyridine rings is 1. The molecular formula is C20H25N3OS. The van der Waals surface area contributed by atoms with Gasteiger partial charge in [-0.25, -0.2) is 0 Å². The molecule has 1 amide bonds. The van der Waals surface area contributed by atoms with E-state index >= 15 is 0 Å². The minimum absolute atomic E-state index is 0.164. The molecule has 1 saturated heterocycles. The molecule has 0 radical (unpaired) electrons. The van der Waals surface area contributed by atoms with Crippen LogP contribution < -0.4 is 4.90 Å². The summed E-state index contributed by atoms with van der Waals surface area (Å²) in [5.74, 6) is 1.42. The second-order valence-corrected chi connectivity index (χ2v) is 7.37. The van der Waals surface area contributed by atoms with E-state index in [1.807, 2.05) is 30.1 Å². The van der Waals surface area contributed by atoms with Crippen LogP contribution in [-0.2, 0) is 17.1 Å². The Balaban J connectivity index is 1.53. The lowest BCUT2D eigenvalue weighted by Crippen LogP contribution is -2.29. The van der Waals surface area contributed by atoms with Crippen molar-refractivity contribution in [1.82, 2.24) is 9.88 Å². The van der Waals surface area contributed by atoms with Gasteiger partial charge >= 0.3 is 0 Å². The summed E-state index contributed by atoms with van der Waals surface area (Å²) in [4.78, 5) is 21.0. The first kappa shape index (κ1) is 17.8. The summed E-state index contributed by atoms with van der Waals surface area (Å²) in [7, 11) is 1.89. The molecule has 0 spiro atoms. The Morgan fingerprint density at radius 3 is 2.68 bits per heavy atom. The number of thioether (sulfide) groups is 1. The third kappa shape index (κ3) is 4.98. The van der Waals surface area contributed by atoms with Gasteiger partial charge in [-0.15, -0.1) is 11.8 Å². The van der Waals surface area contributed by atoms with Crippen molar-refractivity contribution in [1.29, 1.82) is 0 Å². The average Bonchev–Trinajstić information content (AvgIpc) is 3.17. The molecule has 4 nitrogen and oxygen atoms in total. The molecule has 2 aromatic rings. The van der Waals surface area contributed by atoms with Crippen LogP contribution in [0.3, 0.4) is 0 Å². The van der Waals surface area contributed by atoms with Gasteiger partial charge in [0.15, 0.2) is 0 Å². The molecule has 5 heteroatoms. The van der Waals surface area contributed by atoms with Crippen molar-refractivity contribution in [3.63, 3.8) is 0 Å². The summed E-state index contributed by atoms with van der Waals surface area (Å²) in [6.07, 6.45) is 4.31. The molecule has 1 aliphatic rings. The first-order valence-corrected chi connectivity index (χ1v) is 9.94. The largest absolute Gasteiger partial charge is 0.371 e. The molecule has 1 aromatic carbocycles. The van der Waals surface area contributed by atoms with Crippen molar-refractivity contribution in [3.8, 4) is 0 Å². The van der Waals surface area contributed by atoms with Crippen LogP contribution >= 0.6 is 11.8 Å². The van der Waals surface area contributed by atoms with Gasteiger partial charge in [0, 0.05) is 44.3 Å². The molecule has 1 aromatic heterocycles. The number of aromatic nitrogens is 1. The fourth-order valence-electron chi connectivity index (χ4n) is 3.09. The number of benzene rings is 1. The smallest absolute Gasteiger partial charge is 0.232 e. The number of para-hydroxylation sites is 1. The van der Waals surface area contributed by atoms with E-state index < -0.39 is 0 Å². The zero-order valence-corrected chi connectivity index (χ0v) is 15.5. The predicted octanol–water partition coefficient (Wildman–Crippen LogP) is 3.57. The third-order valence-corrected chi connectivity index (χ3v) is 5.42. The van der Waals surface area contributed by atoms with Gasteiger partial charge in [0.2, 0.25) is 5.91 Å². The third-order valence-electron chi connectivity index (χ3n) is 4.47. The summed E-state index contributed by atoms with van der Waals surface area (Å²) >= 11 is 1.62. The van der Waals surface area contributed by atoms with Crippen LogP contribution in [0.5, 0.6) is 0 Å². The van der Waals surface area contributed by atoms with Crippen LogP contribution in [0.4, 0.5) is 5.69 Å². The van der Waals surface area contributed by atoms with Crippen molar-refractivity contribution in [2.24, 2.45) is 0 Å². The van der Waals surface area contributed by atoms with Crippen molar-refractivity contribution in [2.45, 2.75) is 25.1 Å². The molecule has 0 N–H and O–H groups in total. The van der Waals surface area contributed by atoms with Crippen LogP contribution in [0.15, 0.2) is 48.7 Å². The number of carbonyl (C=O) groups excluding carboxylic acids is 1. The Bertz CT molecular complexity index is 686. The maximum absolute atomic E-state index is 12.4. The summed E-state index contributed by atoms with van der Waals surface area (Å²) in [6.45, 7) is 2.90. The van der Waals surface area contributed by atoms with E-state index in [4.69, 9.17) is 0 Å². The number of hydrogen-bond acceptors (Lipinski definition) is 4. The fourth-order valence-corrected chi connectivity index (χ4v) is 3.97. The lowest BCUT2D eigenvalue weighted by molar-refractivity contribution is -0.127. The second-order valence-electron chi connectivity index (χ2n) is 6.39. The van der Waals surface area contributed by atoms with E-state index in [2.05, 4.69) is 34.1 Å². The van der Waals surface area contributed by atoms with Crippen LogP contribution in [0.1, 0.15) is 24.1 Å². The maximum Gasteiger partial charge on any atom is 0.232 e. The summed E-state index contributed by atoms with van der Waals surface area (Å²) < 4.78 is 0. The van der Waals surface area contributed by atoms with Gasteiger partial charge in [0.05, 0.1) is 11.4 Å². The maximum atomic E-state index is 12.4. The Morgan fingerprint density at radius 2 is 1.92 bits per heavy atom. The van der Waals surface area contributed by atoms with Gasteiger partial charge in [0.1, 0.15) is 0 Å². The Kier molecular flexibility index (Phi) is 6.34. The van der Waals surface area contributed by atoms with Crippen LogP contribution in [0.2, 0.25) is 0 Å². The summed E-state index contributed by atoms with van der Waals surface area (Å²) in [5, 5.41) is 0. The zero-order chi connectivity index (χ0) is 17.5. The minimum Gasteiger partial charge on any atom is -0.371 e. The first-order valence-electron chi connectivity index (χ1n) is 8.78. The van der Waals surface area contributed by atoms with E-state index in [1.165, 1.54) is 24.1 Å². The molecule has 0 unspecified atom stereocenters. The minimum atomic E-state index is 0.164. The highest BCUT2D eigenvalue weighted by Crippen LogP contribution is 2.25. The fraction of sp³-hybridized carbons (Fsp3) is 0.400. The van der Waals surface area contributed by atoms with Crippen molar-refractivity contribution >= 4 is 23.4 Å². The van der Waals surface area contributed by atoms with E-state index in [9.17, 15) is 4.79 Å². The number of anilines is 1. The summed E-state index contributed by atoms with van der Waals surface area (Å²) in [6, 6.07) is 14.3. The molecule has 0 saturated carbocycles. The number of hydrogen-bond donors (Lipinski definition) is 0. The molecular weight excluding hydrogens is 330 g/mol. The van der Waals surface area contributed by atoms with Gasteiger partial charge in [-0.05, 0) is 36.6 Å². The van der Waals surface area contributed by atoms with Crippen LogP contribution in [-0.4, -0.2) is 41.7 Å². The highest BCUT2D eigenvalue weighted by molar-refractivity contribution is 7.99. The monoisotopic (exact) mass is 355 g/mol. The zero-order valence-electron chi connectivity index (χ0n) is 14.7. The van der Waals surface area contributed by atoms with Crippen molar-refractivity contribution < 1.29 is 4.79 Å². The van der Waals surface area contributed by atoms with E-state index in [-0.39, 0.29) is 5.91 Å². The number of carbonyl (C=O) groups is 1. The van der Waals surface area contributed by atoms with Crippen LogP contribution in [0.25, 0.3) is 0 Å². The SMILES string of the molecule is CN(Cc1ccccc1N1CCCC1)C(=O)CSCc1ccccn1. The molecule has 132 valence electrons. The first-order chi connectivity index (χ1) is 12.2. The Morgan fingerprint density at radius 1 is 1.16 bits per heavy atom. The molecule has 0 bridgehead atoms. The molecule has 25 heavy (non-hydrogen) atoms. The number of nitrogens with zero attached hydrogens (tertiary/aromatic N) is 3. The second kappa shape index (κ2) is 8.90. The highest BCUT2D eigenvalue weighted by atomic mass is 32.2. The number of rotatable bonds is 7. The quantitative estimate of drug-likeness (QED) is 0.761. The van der Waals surface area contributed by atoms with E-state index in [1.54, 1.807) is 18.0 Å². The van der Waals surface area contributed by atoms with Crippen LogP contribution in [0, 0.1) is 0 Å². The Labute approximate surface area is 154 Å². The molecule has 0 aliphatic carbocycles. The molecule has 0 atom stereocenters.